The lowest BCUT2D eigenvalue weighted by Crippen LogP contribution is -2.68. The Kier molecular flexibility index (Phi) is 4.02. The molecule has 0 radical (unpaired) electrons. The van der Waals surface area contributed by atoms with Gasteiger partial charge in [0, 0.05) is 60.6 Å². The van der Waals surface area contributed by atoms with Crippen LogP contribution in [0, 0.1) is 5.82 Å². The highest BCUT2D eigenvalue weighted by Gasteiger charge is 2.44. The minimum atomic E-state index is -0.113. The van der Waals surface area contributed by atoms with Crippen LogP contribution in [-0.4, -0.2) is 50.0 Å². The van der Waals surface area contributed by atoms with Crippen molar-refractivity contribution in [1.82, 2.24) is 24.8 Å². The number of piperidine rings is 1. The molecule has 1 N–H and O–H groups in total. The van der Waals surface area contributed by atoms with E-state index in [1.165, 1.54) is 6.42 Å². The van der Waals surface area contributed by atoms with Gasteiger partial charge in [-0.05, 0) is 30.7 Å². The molecule has 2 unspecified atom stereocenters. The molecule has 7 heteroatoms. The van der Waals surface area contributed by atoms with Gasteiger partial charge < -0.3 is 9.88 Å². The zero-order chi connectivity index (χ0) is 20.1. The molecule has 6 nitrogen and oxygen atoms in total. The Morgan fingerprint density at radius 1 is 1.00 bits per heavy atom. The summed E-state index contributed by atoms with van der Waals surface area (Å²) in [6, 6.07) is 14.1. The molecule has 0 spiro atoms. The minimum absolute atomic E-state index is 0.113. The van der Waals surface area contributed by atoms with E-state index in [1.807, 2.05) is 30.6 Å². The van der Waals surface area contributed by atoms with Gasteiger partial charge in [0.25, 0.3) is 0 Å². The van der Waals surface area contributed by atoms with Gasteiger partial charge in [-0.25, -0.2) is 19.3 Å². The first-order valence-corrected chi connectivity index (χ1v) is 10.2. The summed E-state index contributed by atoms with van der Waals surface area (Å²) in [5, 5.41) is 0.995. The number of pyridine rings is 1. The second-order valence-corrected chi connectivity index (χ2v) is 8.08. The summed E-state index contributed by atoms with van der Waals surface area (Å²) >= 11 is 0. The number of hydrogen-bond donors (Lipinski definition) is 1. The van der Waals surface area contributed by atoms with Gasteiger partial charge in [-0.2, -0.15) is 0 Å². The lowest BCUT2D eigenvalue weighted by atomic mass is 9.86. The fraction of sp³-hybridized carbons (Fsp3) is 0.261. The second kappa shape index (κ2) is 6.88. The zero-order valence-corrected chi connectivity index (χ0v) is 16.4. The summed E-state index contributed by atoms with van der Waals surface area (Å²) in [5.41, 5.74) is 3.48. The van der Waals surface area contributed by atoms with E-state index in [-0.39, 0.29) is 5.82 Å². The van der Waals surface area contributed by atoms with Crippen LogP contribution in [-0.2, 0) is 6.54 Å². The van der Waals surface area contributed by atoms with E-state index in [9.17, 15) is 4.39 Å². The van der Waals surface area contributed by atoms with Crippen molar-refractivity contribution in [2.45, 2.75) is 25.0 Å². The first-order valence-electron chi connectivity index (χ1n) is 10.2. The van der Waals surface area contributed by atoms with Gasteiger partial charge >= 0.3 is 0 Å². The molecular formula is C23H21FN6. The van der Waals surface area contributed by atoms with Crippen LogP contribution in [0.4, 0.5) is 10.2 Å². The lowest BCUT2D eigenvalue weighted by molar-refractivity contribution is -0.00945. The maximum atomic E-state index is 14.0. The summed E-state index contributed by atoms with van der Waals surface area (Å²) in [6.07, 6.45) is 6.51. The maximum absolute atomic E-state index is 14.0. The van der Waals surface area contributed by atoms with Crippen LogP contribution in [0.25, 0.3) is 22.3 Å². The average Bonchev–Trinajstić information content (AvgIpc) is 3.28. The third-order valence-corrected chi connectivity index (χ3v) is 6.35. The molecule has 3 aromatic heterocycles. The van der Waals surface area contributed by atoms with Crippen LogP contribution in [0.15, 0.2) is 61.2 Å². The minimum Gasteiger partial charge on any atom is -0.353 e. The third-order valence-electron chi connectivity index (χ3n) is 6.35. The molecule has 6 heterocycles. The Balaban J connectivity index is 1.18. The fourth-order valence-corrected chi connectivity index (χ4v) is 4.77. The Hall–Kier alpha value is -3.32. The smallest absolute Gasteiger partial charge is 0.141 e. The summed E-state index contributed by atoms with van der Waals surface area (Å²) in [6.45, 7) is 2.53. The van der Waals surface area contributed by atoms with E-state index in [1.54, 1.807) is 18.5 Å². The predicted molar refractivity (Wildman–Crippen MR) is 113 cm³/mol. The molecule has 3 saturated heterocycles. The Morgan fingerprint density at radius 3 is 2.67 bits per heavy atom. The molecule has 150 valence electrons. The first-order chi connectivity index (χ1) is 14.8. The standard InChI is InChI=1S/C23H21FN6/c24-20-4-2-1-3-16(20)11-30-17-9-18(30)13-29(12-17)21-6-5-15(10-26-21)22-19-7-8-25-23(19)28-14-27-22/h1-8,10,14,17-18H,9,11-13H2,(H,25,27,28). The maximum Gasteiger partial charge on any atom is 0.141 e. The average molecular weight is 400 g/mol. The normalized spacial score (nSPS) is 21.0. The van der Waals surface area contributed by atoms with Crippen molar-refractivity contribution in [1.29, 1.82) is 0 Å². The highest BCUT2D eigenvalue weighted by atomic mass is 19.1. The van der Waals surface area contributed by atoms with E-state index in [0.717, 1.165) is 46.8 Å². The highest BCUT2D eigenvalue weighted by molar-refractivity contribution is 5.90. The van der Waals surface area contributed by atoms with Crippen molar-refractivity contribution >= 4 is 16.9 Å². The SMILES string of the molecule is Fc1ccccc1CN1C2CC1CN(c1ccc(-c3ncnc4[nH]ccc34)cn1)C2. The van der Waals surface area contributed by atoms with Gasteiger partial charge in [0.15, 0.2) is 0 Å². The number of nitrogens with zero attached hydrogens (tertiary/aromatic N) is 5. The van der Waals surface area contributed by atoms with E-state index in [2.05, 4.69) is 36.9 Å². The molecule has 2 atom stereocenters. The van der Waals surface area contributed by atoms with Gasteiger partial charge in [-0.1, -0.05) is 18.2 Å². The molecule has 0 amide bonds. The van der Waals surface area contributed by atoms with Crippen LogP contribution in [0.1, 0.15) is 12.0 Å². The zero-order valence-electron chi connectivity index (χ0n) is 16.4. The van der Waals surface area contributed by atoms with Crippen LogP contribution >= 0.6 is 0 Å². The van der Waals surface area contributed by atoms with Crippen molar-refractivity contribution in [3.63, 3.8) is 0 Å². The molecule has 3 aliphatic heterocycles. The van der Waals surface area contributed by atoms with Crippen LogP contribution < -0.4 is 4.90 Å². The first kappa shape index (κ1) is 17.5. The Labute approximate surface area is 173 Å². The molecule has 30 heavy (non-hydrogen) atoms. The molecular weight excluding hydrogens is 379 g/mol. The number of benzene rings is 1. The number of H-pyrrole nitrogens is 1. The number of hydrogen-bond acceptors (Lipinski definition) is 5. The number of aromatic amines is 1. The van der Waals surface area contributed by atoms with Crippen LogP contribution in [0.3, 0.4) is 0 Å². The van der Waals surface area contributed by atoms with Gasteiger partial charge in [-0.3, -0.25) is 4.90 Å². The quantitative estimate of drug-likeness (QED) is 0.567. The lowest BCUT2D eigenvalue weighted by Gasteiger charge is -2.56. The predicted octanol–water partition coefficient (Wildman–Crippen LogP) is 3.62. The van der Waals surface area contributed by atoms with Crippen molar-refractivity contribution in [3.8, 4) is 11.3 Å². The van der Waals surface area contributed by atoms with E-state index >= 15 is 0 Å². The van der Waals surface area contributed by atoms with Gasteiger partial charge in [0.05, 0.1) is 5.69 Å². The van der Waals surface area contributed by atoms with E-state index in [0.29, 0.717) is 18.6 Å². The molecule has 2 bridgehead atoms. The summed E-state index contributed by atoms with van der Waals surface area (Å²) in [7, 11) is 0. The molecule has 3 fully saturated rings. The Morgan fingerprint density at radius 2 is 1.87 bits per heavy atom. The third kappa shape index (κ3) is 2.85. The number of piperazine rings is 1. The van der Waals surface area contributed by atoms with Gasteiger partial charge in [0.1, 0.15) is 23.6 Å². The van der Waals surface area contributed by atoms with Crippen LogP contribution in [0.2, 0.25) is 0 Å². The second-order valence-electron chi connectivity index (χ2n) is 8.08. The molecule has 7 rings (SSSR count). The number of fused-ring (bicyclic) bond motifs is 3. The number of nitrogens with one attached hydrogen (secondary N) is 1. The topological polar surface area (TPSA) is 60.9 Å². The monoisotopic (exact) mass is 400 g/mol. The fourth-order valence-electron chi connectivity index (χ4n) is 4.77. The van der Waals surface area contributed by atoms with Gasteiger partial charge in [0.2, 0.25) is 0 Å². The van der Waals surface area contributed by atoms with Crippen LogP contribution in [0.5, 0.6) is 0 Å². The molecule has 4 aromatic rings. The molecule has 1 aromatic carbocycles. The summed E-state index contributed by atoms with van der Waals surface area (Å²) < 4.78 is 14.0. The highest BCUT2D eigenvalue weighted by Crippen LogP contribution is 2.36. The van der Waals surface area contributed by atoms with E-state index in [4.69, 9.17) is 4.98 Å². The molecule has 0 aliphatic carbocycles. The molecule has 0 saturated carbocycles. The van der Waals surface area contributed by atoms with Gasteiger partial charge in [-0.15, -0.1) is 0 Å². The van der Waals surface area contributed by atoms with E-state index < -0.39 is 0 Å². The van der Waals surface area contributed by atoms with Crippen molar-refractivity contribution in [3.05, 3.63) is 72.6 Å². The summed E-state index contributed by atoms with van der Waals surface area (Å²) in [4.78, 5) is 21.3. The number of rotatable bonds is 4. The van der Waals surface area contributed by atoms with Crippen molar-refractivity contribution < 1.29 is 4.39 Å². The van der Waals surface area contributed by atoms with Crippen molar-refractivity contribution in [2.24, 2.45) is 0 Å². The summed E-state index contributed by atoms with van der Waals surface area (Å²) in [5.74, 6) is 0.871. The number of anilines is 1. The number of halogens is 1. The number of aromatic nitrogens is 4. The Bertz CT molecular complexity index is 1190. The molecule has 3 aliphatic rings. The van der Waals surface area contributed by atoms with Crippen molar-refractivity contribution in [2.75, 3.05) is 18.0 Å². The largest absolute Gasteiger partial charge is 0.353 e.